The number of aliphatic hydroxyl groups is 1. The molecule has 4 heteroatoms. The summed E-state index contributed by atoms with van der Waals surface area (Å²) in [6.45, 7) is 8.53. The predicted octanol–water partition coefficient (Wildman–Crippen LogP) is 2.86. The van der Waals surface area contributed by atoms with Crippen molar-refractivity contribution in [2.24, 2.45) is 0 Å². The summed E-state index contributed by atoms with van der Waals surface area (Å²) in [7, 11) is 0. The van der Waals surface area contributed by atoms with Crippen LogP contribution in [0.25, 0.3) is 0 Å². The van der Waals surface area contributed by atoms with Gasteiger partial charge in [-0.3, -0.25) is 0 Å². The van der Waals surface area contributed by atoms with E-state index in [0.29, 0.717) is 6.61 Å². The molecule has 15 heavy (non-hydrogen) atoms. The van der Waals surface area contributed by atoms with Crippen molar-refractivity contribution in [2.75, 3.05) is 6.61 Å². The van der Waals surface area contributed by atoms with Crippen LogP contribution in [0, 0.1) is 0 Å². The third-order valence-corrected chi connectivity index (χ3v) is 3.94. The normalized spacial score (nSPS) is 17.4. The molecule has 0 bridgehead atoms. The Morgan fingerprint density at radius 2 is 2.27 bits per heavy atom. The third-order valence-electron chi connectivity index (χ3n) is 2.53. The van der Waals surface area contributed by atoms with Crippen LogP contribution in [0.3, 0.4) is 0 Å². The zero-order valence-electron chi connectivity index (χ0n) is 9.78. The van der Waals surface area contributed by atoms with Crippen LogP contribution in [0.5, 0.6) is 0 Å². The standard InChI is InChI=1S/C11H19NO2S/c1-5-11(4,14-6-2)10-12-7-9(15-10)8(3)13/h7-8,13H,5-6H2,1-4H3. The van der Waals surface area contributed by atoms with Gasteiger partial charge in [0.15, 0.2) is 0 Å². The first-order valence-electron chi connectivity index (χ1n) is 5.31. The van der Waals surface area contributed by atoms with Gasteiger partial charge >= 0.3 is 0 Å². The van der Waals surface area contributed by atoms with Crippen molar-refractivity contribution in [1.82, 2.24) is 4.98 Å². The van der Waals surface area contributed by atoms with Crippen molar-refractivity contribution in [3.8, 4) is 0 Å². The van der Waals surface area contributed by atoms with Crippen LogP contribution >= 0.6 is 11.3 Å². The van der Waals surface area contributed by atoms with E-state index in [1.54, 1.807) is 13.1 Å². The van der Waals surface area contributed by atoms with Crippen molar-refractivity contribution >= 4 is 11.3 Å². The number of aromatic nitrogens is 1. The largest absolute Gasteiger partial charge is 0.388 e. The van der Waals surface area contributed by atoms with Crippen LogP contribution < -0.4 is 0 Å². The van der Waals surface area contributed by atoms with Crippen LogP contribution in [0.2, 0.25) is 0 Å². The first-order chi connectivity index (χ1) is 7.03. The summed E-state index contributed by atoms with van der Waals surface area (Å²) in [5, 5.41) is 10.4. The van der Waals surface area contributed by atoms with Crippen molar-refractivity contribution in [3.63, 3.8) is 0 Å². The topological polar surface area (TPSA) is 42.4 Å². The Morgan fingerprint density at radius 1 is 1.60 bits per heavy atom. The Labute approximate surface area is 95.1 Å². The SMILES string of the molecule is CCOC(C)(CC)c1ncc(C(C)O)s1. The minimum Gasteiger partial charge on any atom is -0.388 e. The van der Waals surface area contributed by atoms with Gasteiger partial charge < -0.3 is 9.84 Å². The molecule has 0 fully saturated rings. The highest BCUT2D eigenvalue weighted by molar-refractivity contribution is 7.11. The van der Waals surface area contributed by atoms with Gasteiger partial charge in [0.1, 0.15) is 10.6 Å². The van der Waals surface area contributed by atoms with Gasteiger partial charge in [-0.05, 0) is 27.2 Å². The van der Waals surface area contributed by atoms with Crippen LogP contribution in [0.1, 0.15) is 50.1 Å². The van der Waals surface area contributed by atoms with Crippen molar-refractivity contribution in [2.45, 2.75) is 45.8 Å². The minimum atomic E-state index is -0.445. The highest BCUT2D eigenvalue weighted by Crippen LogP contribution is 2.33. The molecule has 0 aliphatic rings. The molecule has 0 saturated carbocycles. The maximum atomic E-state index is 9.43. The Hall–Kier alpha value is -0.450. The fourth-order valence-electron chi connectivity index (χ4n) is 1.36. The Balaban J connectivity index is 2.92. The second-order valence-electron chi connectivity index (χ2n) is 3.76. The molecule has 0 amide bonds. The van der Waals surface area contributed by atoms with E-state index < -0.39 is 6.10 Å². The van der Waals surface area contributed by atoms with Gasteiger partial charge in [0.25, 0.3) is 0 Å². The monoisotopic (exact) mass is 229 g/mol. The molecule has 1 aromatic heterocycles. The van der Waals surface area contributed by atoms with Gasteiger partial charge in [-0.2, -0.15) is 0 Å². The molecular formula is C11H19NO2S. The quantitative estimate of drug-likeness (QED) is 0.844. The van der Waals surface area contributed by atoms with E-state index in [1.165, 1.54) is 11.3 Å². The van der Waals surface area contributed by atoms with Gasteiger partial charge in [0.2, 0.25) is 0 Å². The molecule has 0 aliphatic carbocycles. The lowest BCUT2D eigenvalue weighted by molar-refractivity contribution is -0.0324. The average Bonchev–Trinajstić information content (AvgIpc) is 2.67. The third kappa shape index (κ3) is 2.77. The molecular weight excluding hydrogens is 210 g/mol. The molecule has 0 spiro atoms. The molecule has 1 heterocycles. The summed E-state index contributed by atoms with van der Waals surface area (Å²) in [5.41, 5.74) is -0.313. The van der Waals surface area contributed by atoms with Gasteiger partial charge in [0.05, 0.1) is 11.0 Å². The zero-order valence-corrected chi connectivity index (χ0v) is 10.6. The maximum absolute atomic E-state index is 9.43. The Bertz CT molecular complexity index is 311. The molecule has 1 N–H and O–H groups in total. The maximum Gasteiger partial charge on any atom is 0.125 e. The second-order valence-corrected chi connectivity index (χ2v) is 4.82. The summed E-state index contributed by atoms with van der Waals surface area (Å²) in [5.74, 6) is 0. The fraction of sp³-hybridized carbons (Fsp3) is 0.727. The van der Waals surface area contributed by atoms with Crippen LogP contribution in [0.4, 0.5) is 0 Å². The Kier molecular flexibility index (Phi) is 4.25. The lowest BCUT2D eigenvalue weighted by Gasteiger charge is -2.25. The molecule has 2 unspecified atom stereocenters. The summed E-state index contributed by atoms with van der Waals surface area (Å²) in [6.07, 6.45) is 2.17. The molecule has 3 nitrogen and oxygen atoms in total. The van der Waals surface area contributed by atoms with Crippen molar-refractivity contribution < 1.29 is 9.84 Å². The number of aliphatic hydroxyl groups excluding tert-OH is 1. The van der Waals surface area contributed by atoms with Crippen molar-refractivity contribution in [3.05, 3.63) is 16.1 Å². The minimum absolute atomic E-state index is 0.313. The van der Waals surface area contributed by atoms with Gasteiger partial charge in [-0.1, -0.05) is 6.92 Å². The van der Waals surface area contributed by atoms with Gasteiger partial charge in [-0.25, -0.2) is 4.98 Å². The average molecular weight is 229 g/mol. The van der Waals surface area contributed by atoms with Crippen molar-refractivity contribution in [1.29, 1.82) is 0 Å². The number of ether oxygens (including phenoxy) is 1. The summed E-state index contributed by atoms with van der Waals surface area (Å²) in [4.78, 5) is 5.23. The van der Waals surface area contributed by atoms with E-state index in [4.69, 9.17) is 4.74 Å². The number of nitrogens with zero attached hydrogens (tertiary/aromatic N) is 1. The van der Waals surface area contributed by atoms with E-state index in [9.17, 15) is 5.11 Å². The number of hydrogen-bond acceptors (Lipinski definition) is 4. The van der Waals surface area contributed by atoms with Gasteiger partial charge in [0, 0.05) is 12.8 Å². The molecule has 0 saturated heterocycles. The number of hydrogen-bond donors (Lipinski definition) is 1. The molecule has 1 rings (SSSR count). The van der Waals surface area contributed by atoms with E-state index in [1.807, 2.05) is 13.8 Å². The highest BCUT2D eigenvalue weighted by Gasteiger charge is 2.28. The smallest absolute Gasteiger partial charge is 0.125 e. The highest BCUT2D eigenvalue weighted by atomic mass is 32.1. The Morgan fingerprint density at radius 3 is 2.67 bits per heavy atom. The lowest BCUT2D eigenvalue weighted by atomic mass is 10.1. The van der Waals surface area contributed by atoms with Crippen LogP contribution in [-0.4, -0.2) is 16.7 Å². The van der Waals surface area contributed by atoms with Gasteiger partial charge in [-0.15, -0.1) is 11.3 Å². The van der Waals surface area contributed by atoms with Crippen LogP contribution in [-0.2, 0) is 10.3 Å². The first-order valence-corrected chi connectivity index (χ1v) is 6.13. The molecule has 2 atom stereocenters. The molecule has 1 aromatic rings. The first kappa shape index (κ1) is 12.6. The predicted molar refractivity (Wildman–Crippen MR) is 62.0 cm³/mol. The summed E-state index contributed by atoms with van der Waals surface area (Å²) >= 11 is 1.53. The second kappa shape index (κ2) is 5.05. The number of thiazole rings is 1. The molecule has 0 aromatic carbocycles. The fourth-order valence-corrected chi connectivity index (χ4v) is 2.38. The molecule has 86 valence electrons. The number of rotatable bonds is 5. The summed E-state index contributed by atoms with van der Waals surface area (Å²) < 4.78 is 5.72. The van der Waals surface area contributed by atoms with Crippen LogP contribution in [0.15, 0.2) is 6.20 Å². The van der Waals surface area contributed by atoms with E-state index in [2.05, 4.69) is 11.9 Å². The molecule has 0 radical (unpaired) electrons. The zero-order chi connectivity index (χ0) is 11.5. The van der Waals surface area contributed by atoms with E-state index >= 15 is 0 Å². The molecule has 0 aliphatic heterocycles. The summed E-state index contributed by atoms with van der Waals surface area (Å²) in [6, 6.07) is 0. The lowest BCUT2D eigenvalue weighted by Crippen LogP contribution is -2.24. The van der Waals surface area contributed by atoms with E-state index in [-0.39, 0.29) is 5.60 Å². The van der Waals surface area contributed by atoms with E-state index in [0.717, 1.165) is 16.3 Å².